The quantitative estimate of drug-likeness (QED) is 0.420. The highest BCUT2D eigenvalue weighted by atomic mass is 32.2. The SMILES string of the molecule is CC.CCOC(=O)N1CCC(=C2c3ccc(O)cc3CCc3cc(OS(=O)(=O)C(F)(F)F)cnc32)CC1. The number of aryl methyl sites for hydroxylation is 2. The zero-order valence-electron chi connectivity index (χ0n) is 20.8. The Balaban J connectivity index is 0.00000186. The van der Waals surface area contributed by atoms with Crippen LogP contribution in [0.2, 0.25) is 0 Å². The van der Waals surface area contributed by atoms with E-state index >= 15 is 0 Å². The summed E-state index contributed by atoms with van der Waals surface area (Å²) in [7, 11) is -5.83. The average molecular weight is 543 g/mol. The minimum absolute atomic E-state index is 0.0736. The van der Waals surface area contributed by atoms with Gasteiger partial charge in [0.1, 0.15) is 5.75 Å². The van der Waals surface area contributed by atoms with Gasteiger partial charge < -0.3 is 18.9 Å². The van der Waals surface area contributed by atoms with E-state index < -0.39 is 27.5 Å². The molecule has 0 atom stereocenters. The highest BCUT2D eigenvalue weighted by molar-refractivity contribution is 7.88. The second-order valence-corrected chi connectivity index (χ2v) is 9.71. The van der Waals surface area contributed by atoms with Crippen molar-refractivity contribution in [2.45, 2.75) is 52.0 Å². The molecule has 1 aromatic carbocycles. The Bertz CT molecular complexity index is 1280. The van der Waals surface area contributed by atoms with Gasteiger partial charge in [-0.2, -0.15) is 21.6 Å². The van der Waals surface area contributed by atoms with Crippen molar-refractivity contribution in [3.8, 4) is 11.5 Å². The maximum Gasteiger partial charge on any atom is 0.534 e. The first-order valence-electron chi connectivity index (χ1n) is 12.0. The Morgan fingerprint density at radius 2 is 1.73 bits per heavy atom. The number of hydrogen-bond acceptors (Lipinski definition) is 7. The molecule has 0 saturated carbocycles. The largest absolute Gasteiger partial charge is 0.534 e. The van der Waals surface area contributed by atoms with Gasteiger partial charge in [-0.25, -0.2) is 4.79 Å². The van der Waals surface area contributed by atoms with Gasteiger partial charge in [0.25, 0.3) is 0 Å². The minimum Gasteiger partial charge on any atom is -0.508 e. The van der Waals surface area contributed by atoms with Crippen LogP contribution < -0.4 is 4.18 Å². The standard InChI is InChI=1S/C23H23F3N2O6S.C2H6/c1-2-33-22(30)28-9-7-14(8-10-28)20-19-6-5-17(29)11-15(19)3-4-16-12-18(13-27-21(16)20)34-35(31,32)23(24,25)26;1-2/h5-6,11-13,29H,2-4,7-10H2,1H3;1-2H3. The highest BCUT2D eigenvalue weighted by Gasteiger charge is 2.48. The molecular formula is C25H29F3N2O6S. The molecule has 0 unspecified atom stereocenters. The van der Waals surface area contributed by atoms with Crippen LogP contribution in [0.5, 0.6) is 11.5 Å². The monoisotopic (exact) mass is 542 g/mol. The van der Waals surface area contributed by atoms with Crippen molar-refractivity contribution in [1.82, 2.24) is 9.88 Å². The molecule has 37 heavy (non-hydrogen) atoms. The Kier molecular flexibility index (Phi) is 8.72. The number of piperidine rings is 1. The Morgan fingerprint density at radius 3 is 2.35 bits per heavy atom. The maximum absolute atomic E-state index is 12.8. The number of fused-ring (bicyclic) bond motifs is 2. The number of carbonyl (C=O) groups is 1. The fourth-order valence-electron chi connectivity index (χ4n) is 4.33. The van der Waals surface area contributed by atoms with Crippen LogP contribution >= 0.6 is 0 Å². The lowest BCUT2D eigenvalue weighted by Crippen LogP contribution is -2.37. The van der Waals surface area contributed by atoms with Crippen LogP contribution in [0.4, 0.5) is 18.0 Å². The number of hydrogen-bond donors (Lipinski definition) is 1. The van der Waals surface area contributed by atoms with Crippen molar-refractivity contribution >= 4 is 21.8 Å². The lowest BCUT2D eigenvalue weighted by molar-refractivity contribution is -0.0500. The molecule has 0 bridgehead atoms. The summed E-state index contributed by atoms with van der Waals surface area (Å²) in [4.78, 5) is 18.0. The van der Waals surface area contributed by atoms with Crippen molar-refractivity contribution < 1.29 is 40.4 Å². The first-order valence-corrected chi connectivity index (χ1v) is 13.4. The van der Waals surface area contributed by atoms with E-state index in [0.717, 1.165) is 28.5 Å². The zero-order valence-corrected chi connectivity index (χ0v) is 21.6. The number of likely N-dealkylation sites (tertiary alicyclic amines) is 1. The number of benzene rings is 1. The van der Waals surface area contributed by atoms with Crippen molar-refractivity contribution in [2.24, 2.45) is 0 Å². The van der Waals surface area contributed by atoms with Gasteiger partial charge in [-0.3, -0.25) is 4.98 Å². The predicted octanol–water partition coefficient (Wildman–Crippen LogP) is 5.19. The van der Waals surface area contributed by atoms with E-state index in [4.69, 9.17) is 4.74 Å². The number of amides is 1. The molecule has 1 fully saturated rings. The molecule has 1 aliphatic heterocycles. The number of nitrogens with zero attached hydrogens (tertiary/aromatic N) is 2. The lowest BCUT2D eigenvalue weighted by Gasteiger charge is -2.29. The summed E-state index contributed by atoms with van der Waals surface area (Å²) in [6.07, 6.45) is 2.40. The van der Waals surface area contributed by atoms with Crippen LogP contribution in [0.3, 0.4) is 0 Å². The van der Waals surface area contributed by atoms with Crippen LogP contribution in [0, 0.1) is 0 Å². The number of halogens is 3. The fourth-order valence-corrected chi connectivity index (χ4v) is 4.77. The molecule has 4 rings (SSSR count). The Labute approximate surface area is 213 Å². The van der Waals surface area contributed by atoms with Crippen LogP contribution in [0.25, 0.3) is 5.57 Å². The van der Waals surface area contributed by atoms with E-state index in [9.17, 15) is 31.5 Å². The first kappa shape index (κ1) is 28.3. The summed E-state index contributed by atoms with van der Waals surface area (Å²) in [6, 6.07) is 6.19. The van der Waals surface area contributed by atoms with Gasteiger partial charge >= 0.3 is 21.7 Å². The number of phenols is 1. The van der Waals surface area contributed by atoms with E-state index in [0.29, 0.717) is 50.0 Å². The van der Waals surface area contributed by atoms with Crippen molar-refractivity contribution in [2.75, 3.05) is 19.7 Å². The highest BCUT2D eigenvalue weighted by Crippen LogP contribution is 2.40. The van der Waals surface area contributed by atoms with E-state index in [-0.39, 0.29) is 12.4 Å². The molecule has 12 heteroatoms. The maximum atomic E-state index is 12.8. The van der Waals surface area contributed by atoms with Crippen LogP contribution in [-0.4, -0.2) is 54.7 Å². The number of aromatic hydroxyl groups is 1. The van der Waals surface area contributed by atoms with Gasteiger partial charge in [0.15, 0.2) is 5.75 Å². The molecule has 0 radical (unpaired) electrons. The second-order valence-electron chi connectivity index (χ2n) is 8.17. The normalized spacial score (nSPS) is 15.6. The molecule has 1 amide bonds. The van der Waals surface area contributed by atoms with Gasteiger partial charge in [0, 0.05) is 18.7 Å². The Hall–Kier alpha value is -3.28. The van der Waals surface area contributed by atoms with Crippen LogP contribution in [0.15, 0.2) is 36.0 Å². The first-order chi connectivity index (χ1) is 17.5. The third-order valence-electron chi connectivity index (χ3n) is 5.94. The molecule has 1 N–H and O–H groups in total. The van der Waals surface area contributed by atoms with Crippen molar-refractivity contribution in [1.29, 1.82) is 0 Å². The van der Waals surface area contributed by atoms with Crippen LogP contribution in [0.1, 0.15) is 56.0 Å². The summed E-state index contributed by atoms with van der Waals surface area (Å²) >= 11 is 0. The molecule has 202 valence electrons. The third kappa shape index (κ3) is 6.17. The third-order valence-corrected chi connectivity index (χ3v) is 6.91. The molecule has 8 nitrogen and oxygen atoms in total. The van der Waals surface area contributed by atoms with Crippen molar-refractivity contribution in [3.05, 3.63) is 58.4 Å². The number of aromatic nitrogens is 1. The van der Waals surface area contributed by atoms with Gasteiger partial charge in [-0.15, -0.1) is 0 Å². The number of pyridine rings is 1. The molecular weight excluding hydrogens is 513 g/mol. The average Bonchev–Trinajstić information content (AvgIpc) is 3.01. The molecule has 1 saturated heterocycles. The van der Waals surface area contributed by atoms with E-state index in [2.05, 4.69) is 9.17 Å². The van der Waals surface area contributed by atoms with Crippen LogP contribution in [-0.2, 0) is 27.7 Å². The predicted molar refractivity (Wildman–Crippen MR) is 131 cm³/mol. The smallest absolute Gasteiger partial charge is 0.508 e. The molecule has 2 aliphatic rings. The Morgan fingerprint density at radius 1 is 1.08 bits per heavy atom. The number of ether oxygens (including phenoxy) is 1. The van der Waals surface area contributed by atoms with Gasteiger partial charge in [0.05, 0.1) is 18.5 Å². The minimum atomic E-state index is -5.83. The number of phenolic OH excluding ortho intramolecular Hbond substituents is 1. The van der Waals surface area contributed by atoms with Crippen molar-refractivity contribution in [3.63, 3.8) is 0 Å². The second kappa shape index (κ2) is 11.4. The summed E-state index contributed by atoms with van der Waals surface area (Å²) in [5.41, 5.74) is -1.13. The molecule has 1 aromatic heterocycles. The lowest BCUT2D eigenvalue weighted by atomic mass is 9.88. The zero-order chi connectivity index (χ0) is 27.4. The molecule has 0 spiro atoms. The summed E-state index contributed by atoms with van der Waals surface area (Å²) in [5, 5.41) is 10.0. The summed E-state index contributed by atoms with van der Waals surface area (Å²) in [5.74, 6) is -0.458. The summed E-state index contributed by atoms with van der Waals surface area (Å²) in [6.45, 7) is 6.84. The summed E-state index contributed by atoms with van der Waals surface area (Å²) < 4.78 is 70.6. The molecule has 2 aromatic rings. The van der Waals surface area contributed by atoms with E-state index in [1.54, 1.807) is 30.0 Å². The topological polar surface area (TPSA) is 106 Å². The fraction of sp³-hybridized carbons (Fsp3) is 0.440. The molecule has 2 heterocycles. The van der Waals surface area contributed by atoms with Gasteiger partial charge in [-0.05, 0) is 67.5 Å². The number of carbonyl (C=O) groups excluding carboxylic acids is 1. The van der Waals surface area contributed by atoms with E-state index in [1.807, 2.05) is 13.8 Å². The molecule has 1 aliphatic carbocycles. The van der Waals surface area contributed by atoms with Gasteiger partial charge in [0.2, 0.25) is 0 Å². The number of alkyl halides is 3. The van der Waals surface area contributed by atoms with Gasteiger partial charge in [-0.1, -0.05) is 25.5 Å². The number of rotatable bonds is 3. The van der Waals surface area contributed by atoms with E-state index in [1.165, 1.54) is 6.07 Å².